The number of Topliss-reactive ketones (excluding diaryl/α,β-unsaturated/α-hetero) is 1. The average Bonchev–Trinajstić information content (AvgIpc) is 2.89. The van der Waals surface area contributed by atoms with Crippen LogP contribution in [0, 0.1) is 6.92 Å². The number of ether oxygens (including phenoxy) is 1. The zero-order valence-electron chi connectivity index (χ0n) is 15.0. The first-order valence-electron chi connectivity index (χ1n) is 8.28. The van der Waals surface area contributed by atoms with Gasteiger partial charge in [0.2, 0.25) is 0 Å². The second-order valence-electron chi connectivity index (χ2n) is 5.94. The molecule has 0 aliphatic carbocycles. The lowest BCUT2D eigenvalue weighted by Gasteiger charge is -2.07. The highest BCUT2D eigenvalue weighted by molar-refractivity contribution is 5.99. The highest BCUT2D eigenvalue weighted by Gasteiger charge is 2.17. The number of ketones is 1. The summed E-state index contributed by atoms with van der Waals surface area (Å²) >= 11 is 0. The second kappa shape index (κ2) is 7.31. The maximum Gasteiger partial charge on any atom is 0.295 e. The van der Waals surface area contributed by atoms with Gasteiger partial charge in [0.1, 0.15) is 11.4 Å². The zero-order chi connectivity index (χ0) is 18.7. The molecule has 0 unspecified atom stereocenters. The largest absolute Gasteiger partial charge is 0.497 e. The minimum absolute atomic E-state index is 0.0429. The Bertz CT molecular complexity index is 970. The SMILES string of the molecule is COc1ccc(C(=O)CNc2c(C)n(C)n(-c3ccccc3)c2=O)cc1. The molecule has 0 aliphatic rings. The fourth-order valence-corrected chi connectivity index (χ4v) is 2.82. The molecule has 0 spiro atoms. The number of methoxy groups -OCH3 is 1. The van der Waals surface area contributed by atoms with Crippen molar-refractivity contribution in [1.82, 2.24) is 9.36 Å². The van der Waals surface area contributed by atoms with E-state index in [2.05, 4.69) is 5.32 Å². The van der Waals surface area contributed by atoms with Gasteiger partial charge in [-0.25, -0.2) is 4.68 Å². The summed E-state index contributed by atoms with van der Waals surface area (Å²) in [7, 11) is 3.40. The van der Waals surface area contributed by atoms with Gasteiger partial charge >= 0.3 is 0 Å². The molecule has 0 amide bonds. The number of anilines is 1. The number of hydrogen-bond donors (Lipinski definition) is 1. The molecule has 0 aliphatic heterocycles. The van der Waals surface area contributed by atoms with Gasteiger partial charge in [0.25, 0.3) is 5.56 Å². The summed E-state index contributed by atoms with van der Waals surface area (Å²) in [5, 5.41) is 3.00. The molecule has 0 fully saturated rings. The van der Waals surface area contributed by atoms with Gasteiger partial charge in [0, 0.05) is 12.6 Å². The van der Waals surface area contributed by atoms with Crippen LogP contribution in [0.4, 0.5) is 5.69 Å². The fourth-order valence-electron chi connectivity index (χ4n) is 2.82. The first kappa shape index (κ1) is 17.5. The molecule has 0 radical (unpaired) electrons. The second-order valence-corrected chi connectivity index (χ2v) is 5.94. The van der Waals surface area contributed by atoms with Crippen LogP contribution < -0.4 is 15.6 Å². The molecular formula is C20H21N3O3. The topological polar surface area (TPSA) is 65.3 Å². The summed E-state index contributed by atoms with van der Waals surface area (Å²) in [5.74, 6) is 0.598. The number of carbonyl (C=O) groups is 1. The third-order valence-electron chi connectivity index (χ3n) is 4.39. The van der Waals surface area contributed by atoms with Crippen LogP contribution in [0.15, 0.2) is 59.4 Å². The van der Waals surface area contributed by atoms with E-state index in [0.29, 0.717) is 17.0 Å². The minimum atomic E-state index is -0.182. The maximum absolute atomic E-state index is 12.8. The number of para-hydroxylation sites is 1. The predicted octanol–water partition coefficient (Wildman–Crippen LogP) is 2.79. The van der Waals surface area contributed by atoms with Crippen LogP contribution in [0.5, 0.6) is 5.75 Å². The predicted molar refractivity (Wildman–Crippen MR) is 102 cm³/mol. The van der Waals surface area contributed by atoms with Crippen LogP contribution in [0.2, 0.25) is 0 Å². The number of nitrogens with zero attached hydrogens (tertiary/aromatic N) is 2. The summed E-state index contributed by atoms with van der Waals surface area (Å²) in [4.78, 5) is 25.2. The molecule has 3 rings (SSSR count). The Morgan fingerprint density at radius 3 is 2.35 bits per heavy atom. The zero-order valence-corrected chi connectivity index (χ0v) is 15.0. The van der Waals surface area contributed by atoms with Gasteiger partial charge < -0.3 is 10.1 Å². The van der Waals surface area contributed by atoms with Crippen molar-refractivity contribution in [3.8, 4) is 11.4 Å². The molecule has 2 aromatic carbocycles. The maximum atomic E-state index is 12.8. The van der Waals surface area contributed by atoms with Crippen molar-refractivity contribution in [2.75, 3.05) is 19.0 Å². The normalized spacial score (nSPS) is 10.6. The number of carbonyl (C=O) groups excluding carboxylic acids is 1. The van der Waals surface area contributed by atoms with Crippen molar-refractivity contribution in [2.24, 2.45) is 7.05 Å². The molecule has 6 heteroatoms. The Morgan fingerprint density at radius 2 is 1.73 bits per heavy atom. The molecule has 0 bridgehead atoms. The van der Waals surface area contributed by atoms with E-state index in [1.165, 1.54) is 0 Å². The van der Waals surface area contributed by atoms with Crippen molar-refractivity contribution in [3.05, 3.63) is 76.2 Å². The Labute approximate surface area is 151 Å². The van der Waals surface area contributed by atoms with E-state index in [4.69, 9.17) is 4.74 Å². The monoisotopic (exact) mass is 351 g/mol. The van der Waals surface area contributed by atoms with E-state index in [9.17, 15) is 9.59 Å². The van der Waals surface area contributed by atoms with Crippen LogP contribution >= 0.6 is 0 Å². The first-order chi connectivity index (χ1) is 12.5. The summed E-state index contributed by atoms with van der Waals surface area (Å²) in [6.45, 7) is 1.89. The summed E-state index contributed by atoms with van der Waals surface area (Å²) < 4.78 is 8.45. The minimum Gasteiger partial charge on any atom is -0.497 e. The van der Waals surface area contributed by atoms with Crippen LogP contribution in [0.1, 0.15) is 16.1 Å². The molecule has 134 valence electrons. The van der Waals surface area contributed by atoms with Gasteiger partial charge in [-0.2, -0.15) is 0 Å². The molecule has 0 saturated carbocycles. The van der Waals surface area contributed by atoms with Crippen molar-refractivity contribution in [3.63, 3.8) is 0 Å². The Morgan fingerprint density at radius 1 is 1.08 bits per heavy atom. The average molecular weight is 351 g/mol. The van der Waals surface area contributed by atoms with Crippen molar-refractivity contribution in [1.29, 1.82) is 0 Å². The quantitative estimate of drug-likeness (QED) is 0.694. The van der Waals surface area contributed by atoms with Gasteiger partial charge in [-0.15, -0.1) is 0 Å². The van der Waals surface area contributed by atoms with Crippen molar-refractivity contribution in [2.45, 2.75) is 6.92 Å². The molecule has 1 N–H and O–H groups in total. The van der Waals surface area contributed by atoms with Crippen molar-refractivity contribution >= 4 is 11.5 Å². The number of nitrogens with one attached hydrogen (secondary N) is 1. The lowest BCUT2D eigenvalue weighted by atomic mass is 10.1. The van der Waals surface area contributed by atoms with E-state index >= 15 is 0 Å². The third kappa shape index (κ3) is 3.26. The van der Waals surface area contributed by atoms with E-state index in [1.54, 1.807) is 40.7 Å². The highest BCUT2D eigenvalue weighted by atomic mass is 16.5. The first-order valence-corrected chi connectivity index (χ1v) is 8.28. The third-order valence-corrected chi connectivity index (χ3v) is 4.39. The molecule has 26 heavy (non-hydrogen) atoms. The Hall–Kier alpha value is -3.28. The van der Waals surface area contributed by atoms with Gasteiger partial charge in [0.05, 0.1) is 25.0 Å². The van der Waals surface area contributed by atoms with E-state index < -0.39 is 0 Å². The molecular weight excluding hydrogens is 330 g/mol. The van der Waals surface area contributed by atoms with Crippen LogP contribution in [-0.2, 0) is 7.05 Å². The lowest BCUT2D eigenvalue weighted by molar-refractivity contribution is 0.101. The fraction of sp³-hybridized carbons (Fsp3) is 0.200. The number of hydrogen-bond acceptors (Lipinski definition) is 4. The number of aromatic nitrogens is 2. The summed E-state index contributed by atoms with van der Waals surface area (Å²) in [6, 6.07) is 16.3. The number of benzene rings is 2. The molecule has 1 heterocycles. The lowest BCUT2D eigenvalue weighted by Crippen LogP contribution is -2.22. The Balaban J connectivity index is 1.82. The molecule has 3 aromatic rings. The highest BCUT2D eigenvalue weighted by Crippen LogP contribution is 2.15. The van der Waals surface area contributed by atoms with Gasteiger partial charge in [0.15, 0.2) is 5.78 Å². The summed E-state index contributed by atoms with van der Waals surface area (Å²) in [5.41, 5.74) is 2.35. The van der Waals surface area contributed by atoms with Gasteiger partial charge in [-0.05, 0) is 43.3 Å². The van der Waals surface area contributed by atoms with E-state index in [-0.39, 0.29) is 17.9 Å². The van der Waals surface area contributed by atoms with E-state index in [1.807, 2.05) is 44.3 Å². The smallest absolute Gasteiger partial charge is 0.295 e. The van der Waals surface area contributed by atoms with Crippen LogP contribution in [-0.4, -0.2) is 28.8 Å². The molecule has 0 saturated heterocycles. The molecule has 6 nitrogen and oxygen atoms in total. The Kier molecular flexibility index (Phi) is 4.93. The standard InChI is InChI=1S/C20H21N3O3/c1-14-19(20(25)23(22(14)2)16-7-5-4-6-8-16)21-13-18(24)15-9-11-17(26-3)12-10-15/h4-12,21H,13H2,1-3H3. The van der Waals surface area contributed by atoms with E-state index in [0.717, 1.165) is 11.4 Å². The summed E-state index contributed by atoms with van der Waals surface area (Å²) in [6.07, 6.45) is 0. The molecule has 1 aromatic heterocycles. The van der Waals surface area contributed by atoms with Gasteiger partial charge in [-0.3, -0.25) is 14.3 Å². The van der Waals surface area contributed by atoms with Crippen LogP contribution in [0.3, 0.4) is 0 Å². The van der Waals surface area contributed by atoms with Gasteiger partial charge in [-0.1, -0.05) is 18.2 Å². The van der Waals surface area contributed by atoms with Crippen LogP contribution in [0.25, 0.3) is 5.69 Å². The van der Waals surface area contributed by atoms with Crippen molar-refractivity contribution < 1.29 is 9.53 Å². The number of rotatable bonds is 6. The molecule has 0 atom stereocenters.